The maximum Gasteiger partial charge on any atom is 0.152 e. The van der Waals surface area contributed by atoms with Crippen molar-refractivity contribution in [1.29, 1.82) is 0 Å². The highest BCUT2D eigenvalue weighted by molar-refractivity contribution is 6.42. The van der Waals surface area contributed by atoms with E-state index in [1.54, 1.807) is 18.2 Å². The average Bonchev–Trinajstić information content (AvgIpc) is 2.47. The highest BCUT2D eigenvalue weighted by Gasteiger charge is 2.01. The number of ether oxygens (including phenoxy) is 1. The van der Waals surface area contributed by atoms with E-state index in [2.05, 4.69) is 0 Å². The monoisotopic (exact) mass is 320 g/mol. The molecule has 0 aliphatic heterocycles. The van der Waals surface area contributed by atoms with Gasteiger partial charge >= 0.3 is 0 Å². The second-order valence-electron chi connectivity index (χ2n) is 4.55. The third kappa shape index (κ3) is 4.92. The maximum absolute atomic E-state index is 10.9. The summed E-state index contributed by atoms with van der Waals surface area (Å²) in [6.45, 7) is 1.94. The lowest BCUT2D eigenvalue weighted by atomic mass is 10.2. The van der Waals surface area contributed by atoms with Crippen LogP contribution in [0.3, 0.4) is 0 Å². The minimum Gasteiger partial charge on any atom is -0.489 e. The normalized spacial score (nSPS) is 10.8. The van der Waals surface area contributed by atoms with E-state index in [-0.39, 0.29) is 5.78 Å². The topological polar surface area (TPSA) is 26.3 Å². The van der Waals surface area contributed by atoms with Crippen molar-refractivity contribution in [3.8, 4) is 5.75 Å². The van der Waals surface area contributed by atoms with E-state index in [0.717, 1.165) is 16.9 Å². The van der Waals surface area contributed by atoms with Gasteiger partial charge in [-0.25, -0.2) is 0 Å². The molecule has 0 bridgehead atoms. The fraction of sp³-hybridized carbons (Fsp3) is 0.118. The molecule has 0 heterocycles. The van der Waals surface area contributed by atoms with Crippen LogP contribution >= 0.6 is 23.2 Å². The van der Waals surface area contributed by atoms with Gasteiger partial charge in [0, 0.05) is 0 Å². The van der Waals surface area contributed by atoms with E-state index in [1.807, 2.05) is 30.3 Å². The van der Waals surface area contributed by atoms with Crippen molar-refractivity contribution in [3.63, 3.8) is 0 Å². The smallest absolute Gasteiger partial charge is 0.152 e. The summed E-state index contributed by atoms with van der Waals surface area (Å²) in [5.41, 5.74) is 1.90. The Morgan fingerprint density at radius 2 is 1.81 bits per heavy atom. The molecule has 2 nitrogen and oxygen atoms in total. The van der Waals surface area contributed by atoms with E-state index in [0.29, 0.717) is 16.7 Å². The summed E-state index contributed by atoms with van der Waals surface area (Å²) < 4.78 is 5.67. The first-order valence-electron chi connectivity index (χ1n) is 6.40. The Hall–Kier alpha value is -1.77. The van der Waals surface area contributed by atoms with E-state index >= 15 is 0 Å². The third-order valence-electron chi connectivity index (χ3n) is 2.78. The molecule has 0 unspecified atom stereocenters. The van der Waals surface area contributed by atoms with Gasteiger partial charge in [-0.2, -0.15) is 0 Å². The van der Waals surface area contributed by atoms with E-state index < -0.39 is 0 Å². The van der Waals surface area contributed by atoms with Gasteiger partial charge in [0.1, 0.15) is 12.4 Å². The molecule has 0 aliphatic rings. The number of carbonyl (C=O) groups is 1. The lowest BCUT2D eigenvalue weighted by Crippen LogP contribution is -1.95. The standard InChI is InChI=1S/C17H14Cl2O2/c1-12(20)2-3-13-4-7-15(8-5-13)21-11-14-6-9-16(18)17(19)10-14/h2-10H,11H2,1H3/b3-2+. The van der Waals surface area contributed by atoms with Crippen LogP contribution in [0.2, 0.25) is 10.0 Å². The zero-order valence-electron chi connectivity index (χ0n) is 11.5. The molecule has 2 aromatic rings. The Labute approximate surface area is 134 Å². The number of hydrogen-bond donors (Lipinski definition) is 0. The first kappa shape index (κ1) is 15.6. The highest BCUT2D eigenvalue weighted by Crippen LogP contribution is 2.23. The van der Waals surface area contributed by atoms with Crippen molar-refractivity contribution < 1.29 is 9.53 Å². The number of rotatable bonds is 5. The maximum atomic E-state index is 10.9. The zero-order valence-corrected chi connectivity index (χ0v) is 13.0. The first-order chi connectivity index (χ1) is 10.0. The third-order valence-corrected chi connectivity index (χ3v) is 3.52. The largest absolute Gasteiger partial charge is 0.489 e. The molecule has 2 aromatic carbocycles. The predicted molar refractivity (Wildman–Crippen MR) is 87.0 cm³/mol. The van der Waals surface area contributed by atoms with Crippen molar-refractivity contribution in [2.24, 2.45) is 0 Å². The van der Waals surface area contributed by atoms with Crippen molar-refractivity contribution >= 4 is 35.1 Å². The molecule has 0 aliphatic carbocycles. The van der Waals surface area contributed by atoms with Gasteiger partial charge in [-0.15, -0.1) is 0 Å². The molecule has 0 saturated heterocycles. The van der Waals surface area contributed by atoms with Crippen LogP contribution in [-0.2, 0) is 11.4 Å². The van der Waals surface area contributed by atoms with E-state index in [9.17, 15) is 4.79 Å². The molecule has 0 atom stereocenters. The molecule has 0 radical (unpaired) electrons. The first-order valence-corrected chi connectivity index (χ1v) is 7.15. The quantitative estimate of drug-likeness (QED) is 0.710. The summed E-state index contributed by atoms with van der Waals surface area (Å²) in [7, 11) is 0. The molecular formula is C17H14Cl2O2. The fourth-order valence-electron chi connectivity index (χ4n) is 1.68. The average molecular weight is 321 g/mol. The molecule has 0 aromatic heterocycles. The summed E-state index contributed by atoms with van der Waals surface area (Å²) >= 11 is 11.8. The SMILES string of the molecule is CC(=O)/C=C/c1ccc(OCc2ccc(Cl)c(Cl)c2)cc1. The molecule has 108 valence electrons. The van der Waals surface area contributed by atoms with E-state index in [1.165, 1.54) is 13.0 Å². The van der Waals surface area contributed by atoms with Crippen molar-refractivity contribution in [2.45, 2.75) is 13.5 Å². The highest BCUT2D eigenvalue weighted by atomic mass is 35.5. The predicted octanol–water partition coefficient (Wildman–Crippen LogP) is 5.17. The van der Waals surface area contributed by atoms with Crippen LogP contribution in [-0.4, -0.2) is 5.78 Å². The van der Waals surface area contributed by atoms with Crippen molar-refractivity contribution in [2.75, 3.05) is 0 Å². The van der Waals surface area contributed by atoms with Crippen LogP contribution in [0.25, 0.3) is 6.08 Å². The number of hydrogen-bond acceptors (Lipinski definition) is 2. The van der Waals surface area contributed by atoms with Crippen molar-refractivity contribution in [3.05, 3.63) is 69.7 Å². The van der Waals surface area contributed by atoms with Crippen LogP contribution in [0, 0.1) is 0 Å². The summed E-state index contributed by atoms with van der Waals surface area (Å²) in [6.07, 6.45) is 3.30. The van der Waals surface area contributed by atoms with Gasteiger partial charge in [0.15, 0.2) is 5.78 Å². The second-order valence-corrected chi connectivity index (χ2v) is 5.36. The number of allylic oxidation sites excluding steroid dienone is 1. The molecule has 21 heavy (non-hydrogen) atoms. The van der Waals surface area contributed by atoms with Crippen LogP contribution in [0.5, 0.6) is 5.75 Å². The molecule has 0 N–H and O–H groups in total. The molecule has 0 spiro atoms. The number of halogens is 2. The van der Waals surface area contributed by atoms with Gasteiger partial charge in [0.05, 0.1) is 10.0 Å². The van der Waals surface area contributed by atoms with Gasteiger partial charge in [0.25, 0.3) is 0 Å². The zero-order chi connectivity index (χ0) is 15.2. The summed E-state index contributed by atoms with van der Waals surface area (Å²) in [5, 5.41) is 1.05. The van der Waals surface area contributed by atoms with Crippen LogP contribution in [0.4, 0.5) is 0 Å². The molecule has 0 saturated carbocycles. The summed E-state index contributed by atoms with van der Waals surface area (Å²) in [4.78, 5) is 10.9. The Kier molecular flexibility index (Phi) is 5.43. The lowest BCUT2D eigenvalue weighted by Gasteiger charge is -2.07. The Balaban J connectivity index is 1.97. The van der Waals surface area contributed by atoms with Crippen molar-refractivity contribution in [1.82, 2.24) is 0 Å². The Morgan fingerprint density at radius 3 is 2.43 bits per heavy atom. The molecule has 2 rings (SSSR count). The molecule has 0 fully saturated rings. The number of carbonyl (C=O) groups excluding carboxylic acids is 1. The van der Waals surface area contributed by atoms with Gasteiger partial charge in [0.2, 0.25) is 0 Å². The summed E-state index contributed by atoms with van der Waals surface area (Å²) in [6, 6.07) is 12.9. The number of ketones is 1. The van der Waals surface area contributed by atoms with Gasteiger partial charge in [-0.3, -0.25) is 4.79 Å². The summed E-state index contributed by atoms with van der Waals surface area (Å²) in [5.74, 6) is 0.774. The Morgan fingerprint density at radius 1 is 1.10 bits per heavy atom. The van der Waals surface area contributed by atoms with Gasteiger partial charge in [-0.05, 0) is 48.4 Å². The van der Waals surface area contributed by atoms with Crippen LogP contribution in [0.1, 0.15) is 18.1 Å². The van der Waals surface area contributed by atoms with Gasteiger partial charge < -0.3 is 4.74 Å². The minimum atomic E-state index is 0.0231. The Bertz CT molecular complexity index is 661. The molecule has 4 heteroatoms. The lowest BCUT2D eigenvalue weighted by molar-refractivity contribution is -0.112. The fourth-order valence-corrected chi connectivity index (χ4v) is 2.01. The van der Waals surface area contributed by atoms with Gasteiger partial charge in [-0.1, -0.05) is 47.5 Å². The molecule has 0 amide bonds. The second kappa shape index (κ2) is 7.30. The van der Waals surface area contributed by atoms with E-state index in [4.69, 9.17) is 27.9 Å². The number of benzene rings is 2. The van der Waals surface area contributed by atoms with Crippen LogP contribution < -0.4 is 4.74 Å². The minimum absolute atomic E-state index is 0.0231. The van der Waals surface area contributed by atoms with Crippen LogP contribution in [0.15, 0.2) is 48.5 Å². The molecular weight excluding hydrogens is 307 g/mol.